The summed E-state index contributed by atoms with van der Waals surface area (Å²) in [5.74, 6) is 0. The van der Waals surface area contributed by atoms with E-state index in [0.717, 1.165) is 54.1 Å². The highest BCUT2D eigenvalue weighted by Gasteiger charge is 2.25. The zero-order valence-electron chi connectivity index (χ0n) is 36.8. The number of rotatable bonds is 9. The normalized spacial score (nSPS) is 13.2. The van der Waals surface area contributed by atoms with E-state index in [9.17, 15) is 0 Å². The van der Waals surface area contributed by atoms with Crippen molar-refractivity contribution in [3.05, 3.63) is 253 Å². The third-order valence-corrected chi connectivity index (χ3v) is 13.5. The maximum atomic E-state index is 2.50. The first-order valence-electron chi connectivity index (χ1n) is 23.3. The summed E-state index contributed by atoms with van der Waals surface area (Å²) in [6.07, 6.45) is 15.8. The minimum atomic E-state index is 0.975. The van der Waals surface area contributed by atoms with Gasteiger partial charge in [0.1, 0.15) is 0 Å². The van der Waals surface area contributed by atoms with Gasteiger partial charge in [0.15, 0.2) is 0 Å². The number of para-hydroxylation sites is 3. The molecule has 0 unspecified atom stereocenters. The first-order chi connectivity index (χ1) is 32.8. The molecular weight excluding hydrogens is 797 g/mol. The Labute approximate surface area is 387 Å². The molecule has 66 heavy (non-hydrogen) atoms. The largest absolute Gasteiger partial charge is 0.311 e. The first kappa shape index (κ1) is 39.4. The number of aryl methyl sites for hydroxylation is 1. The van der Waals surface area contributed by atoms with Gasteiger partial charge in [0.2, 0.25) is 0 Å². The molecule has 2 aliphatic rings. The quantitative estimate of drug-likeness (QED) is 0.134. The van der Waals surface area contributed by atoms with Crippen molar-refractivity contribution in [2.24, 2.45) is 0 Å². The number of nitrogens with zero attached hydrogens (tertiary/aromatic N) is 2. The molecule has 10 aromatic rings. The fourth-order valence-corrected chi connectivity index (χ4v) is 10.4. The summed E-state index contributed by atoms with van der Waals surface area (Å²) in [6.45, 7) is 0. The molecule has 0 fully saturated rings. The van der Waals surface area contributed by atoms with Crippen LogP contribution in [0.5, 0.6) is 0 Å². The van der Waals surface area contributed by atoms with Gasteiger partial charge in [-0.05, 0) is 181 Å². The molecule has 0 saturated carbocycles. The van der Waals surface area contributed by atoms with E-state index in [4.69, 9.17) is 0 Å². The molecule has 2 nitrogen and oxygen atoms in total. The minimum Gasteiger partial charge on any atom is -0.311 e. The second kappa shape index (κ2) is 17.1. The van der Waals surface area contributed by atoms with Crippen LogP contribution >= 0.6 is 0 Å². The van der Waals surface area contributed by atoms with Crippen LogP contribution in [0.25, 0.3) is 71.8 Å². The van der Waals surface area contributed by atoms with E-state index in [2.05, 4.69) is 253 Å². The van der Waals surface area contributed by atoms with Gasteiger partial charge in [-0.2, -0.15) is 0 Å². The van der Waals surface area contributed by atoms with Gasteiger partial charge in [-0.15, -0.1) is 0 Å². The first-order valence-corrected chi connectivity index (χ1v) is 23.3. The lowest BCUT2D eigenvalue weighted by Gasteiger charge is -2.28. The zero-order chi connectivity index (χ0) is 43.8. The Morgan fingerprint density at radius 3 is 1.56 bits per heavy atom. The molecule has 0 bridgehead atoms. The Kier molecular flexibility index (Phi) is 10.2. The van der Waals surface area contributed by atoms with Gasteiger partial charge >= 0.3 is 0 Å². The van der Waals surface area contributed by atoms with Crippen molar-refractivity contribution >= 4 is 66.8 Å². The summed E-state index contributed by atoms with van der Waals surface area (Å²) in [5.41, 5.74) is 17.0. The van der Waals surface area contributed by atoms with Crippen LogP contribution in [0.1, 0.15) is 30.4 Å². The van der Waals surface area contributed by atoms with Crippen molar-refractivity contribution in [2.45, 2.75) is 25.7 Å². The third kappa shape index (κ3) is 7.08. The maximum Gasteiger partial charge on any atom is 0.0462 e. The number of hydrogen-bond donors (Lipinski definition) is 0. The second-order valence-electron chi connectivity index (χ2n) is 17.4. The van der Waals surface area contributed by atoms with Crippen LogP contribution in [0.2, 0.25) is 0 Å². The van der Waals surface area contributed by atoms with Crippen molar-refractivity contribution in [1.82, 2.24) is 0 Å². The van der Waals surface area contributed by atoms with Crippen LogP contribution in [0.15, 0.2) is 242 Å². The average Bonchev–Trinajstić information content (AvgIpc) is 3.40. The topological polar surface area (TPSA) is 6.48 Å². The SMILES string of the molecule is C1=CC(N(c2ccccc2)c2ccc(-c3c(-c4ccc5ccccc5c4)cc(-c4ccc(N(c5ccccc5)c5ccccc5)cc4)c4c3c3c(c5ccccc54)C=CCC3)cc2)=CCC1. The molecule has 0 spiro atoms. The fraction of sp³-hybridized carbons (Fsp3) is 0.0625. The van der Waals surface area contributed by atoms with Crippen molar-refractivity contribution in [2.75, 3.05) is 9.80 Å². The number of hydrogen-bond acceptors (Lipinski definition) is 2. The molecule has 0 N–H and O–H groups in total. The van der Waals surface area contributed by atoms with E-state index in [1.807, 2.05) is 0 Å². The van der Waals surface area contributed by atoms with Crippen molar-refractivity contribution in [3.8, 4) is 33.4 Å². The van der Waals surface area contributed by atoms with Gasteiger partial charge in [-0.25, -0.2) is 0 Å². The fourth-order valence-electron chi connectivity index (χ4n) is 10.4. The van der Waals surface area contributed by atoms with Gasteiger partial charge in [-0.1, -0.05) is 164 Å². The average molecular weight is 845 g/mol. The predicted molar refractivity (Wildman–Crippen MR) is 282 cm³/mol. The summed E-state index contributed by atoms with van der Waals surface area (Å²) in [7, 11) is 0. The summed E-state index contributed by atoms with van der Waals surface area (Å²) in [4.78, 5) is 4.73. The van der Waals surface area contributed by atoms with Crippen LogP contribution < -0.4 is 9.80 Å². The molecule has 2 heteroatoms. The molecule has 12 rings (SSSR count). The highest BCUT2D eigenvalue weighted by atomic mass is 15.1. The van der Waals surface area contributed by atoms with Gasteiger partial charge in [0.05, 0.1) is 0 Å². The Bertz CT molecular complexity index is 3450. The van der Waals surface area contributed by atoms with Crippen LogP contribution in [-0.4, -0.2) is 0 Å². The number of allylic oxidation sites excluding steroid dienone is 4. The monoisotopic (exact) mass is 844 g/mol. The minimum absolute atomic E-state index is 0.975. The number of anilines is 5. The van der Waals surface area contributed by atoms with Crippen molar-refractivity contribution in [3.63, 3.8) is 0 Å². The third-order valence-electron chi connectivity index (χ3n) is 13.5. The van der Waals surface area contributed by atoms with E-state index in [1.165, 1.54) is 82.5 Å². The second-order valence-corrected chi connectivity index (χ2v) is 17.4. The predicted octanol–water partition coefficient (Wildman–Crippen LogP) is 17.9. The standard InChI is InChI=1S/C64H48N2/c1-5-21-50(22-6-1)65(51-23-7-2-8-24-51)54-39-35-46(36-40-54)60-44-61(49-34-33-45-19-13-14-20-48(45)43-49)62(64-59-32-18-16-30-57(59)56-29-15-17-31-58(56)63(60)64)47-37-41-55(42-38-47)66(52-25-9-3-10-26-52)53-27-11-4-12-28-53/h1-3,5-11,13-17,19-31,33-44H,4,12,18,32H2. The molecule has 0 amide bonds. The molecular formula is C64H48N2. The van der Waals surface area contributed by atoms with Crippen LogP contribution in [0.3, 0.4) is 0 Å². The molecule has 0 heterocycles. The van der Waals surface area contributed by atoms with E-state index in [-0.39, 0.29) is 0 Å². The maximum absolute atomic E-state index is 2.50. The Hall–Kier alpha value is -8.20. The lowest BCUT2D eigenvalue weighted by Crippen LogP contribution is -2.16. The Balaban J connectivity index is 1.12. The Morgan fingerprint density at radius 2 is 0.894 bits per heavy atom. The smallest absolute Gasteiger partial charge is 0.0462 e. The molecule has 0 saturated heterocycles. The summed E-state index contributed by atoms with van der Waals surface area (Å²) in [6, 6.07) is 78.1. The van der Waals surface area contributed by atoms with Gasteiger partial charge in [0, 0.05) is 34.1 Å². The van der Waals surface area contributed by atoms with E-state index >= 15 is 0 Å². The summed E-state index contributed by atoms with van der Waals surface area (Å²) < 4.78 is 0. The lowest BCUT2D eigenvalue weighted by atomic mass is 9.78. The van der Waals surface area contributed by atoms with Crippen LogP contribution in [-0.2, 0) is 6.42 Å². The lowest BCUT2D eigenvalue weighted by molar-refractivity contribution is 0.997. The number of fused-ring (bicyclic) bond motifs is 7. The van der Waals surface area contributed by atoms with Crippen LogP contribution in [0.4, 0.5) is 28.4 Å². The van der Waals surface area contributed by atoms with Crippen molar-refractivity contribution in [1.29, 1.82) is 0 Å². The highest BCUT2D eigenvalue weighted by molar-refractivity contribution is 6.24. The molecule has 10 aromatic carbocycles. The van der Waals surface area contributed by atoms with Crippen LogP contribution in [0, 0.1) is 0 Å². The summed E-state index contributed by atoms with van der Waals surface area (Å²) >= 11 is 0. The summed E-state index contributed by atoms with van der Waals surface area (Å²) in [5, 5.41) is 7.72. The zero-order valence-corrected chi connectivity index (χ0v) is 36.8. The molecule has 314 valence electrons. The van der Waals surface area contributed by atoms with Gasteiger partial charge in [0.25, 0.3) is 0 Å². The highest BCUT2D eigenvalue weighted by Crippen LogP contribution is 2.50. The number of benzene rings is 10. The molecule has 0 radical (unpaired) electrons. The molecule has 0 atom stereocenters. The molecule has 0 aliphatic heterocycles. The molecule has 2 aliphatic carbocycles. The van der Waals surface area contributed by atoms with Crippen molar-refractivity contribution < 1.29 is 0 Å². The van der Waals surface area contributed by atoms with E-state index in [0.29, 0.717) is 0 Å². The molecule has 0 aromatic heterocycles. The van der Waals surface area contributed by atoms with E-state index < -0.39 is 0 Å². The van der Waals surface area contributed by atoms with E-state index in [1.54, 1.807) is 0 Å². The van der Waals surface area contributed by atoms with Gasteiger partial charge < -0.3 is 9.80 Å². The Morgan fingerprint density at radius 1 is 0.348 bits per heavy atom. The van der Waals surface area contributed by atoms with Gasteiger partial charge in [-0.3, -0.25) is 0 Å².